The highest BCUT2D eigenvalue weighted by molar-refractivity contribution is 6.16. The van der Waals surface area contributed by atoms with Crippen molar-refractivity contribution < 1.29 is 31.9 Å². The molecule has 0 spiro atoms. The molecule has 0 atom stereocenters. The van der Waals surface area contributed by atoms with E-state index in [1.165, 1.54) is 21.3 Å². The summed E-state index contributed by atoms with van der Waals surface area (Å²) in [7, 11) is 4.32. The van der Waals surface area contributed by atoms with Crippen LogP contribution in [0.5, 0.6) is 0 Å². The van der Waals surface area contributed by atoms with Gasteiger partial charge in [0.2, 0.25) is 0 Å². The van der Waals surface area contributed by atoms with Gasteiger partial charge in [0, 0.05) is 0 Å². The third-order valence-corrected chi connectivity index (χ3v) is 1.27. The maximum atomic E-state index is 5.42. The SMILES string of the molecule is CO[N+](CCl)(OC)OC.[Cl-]. The molecule has 0 saturated carbocycles. The summed E-state index contributed by atoms with van der Waals surface area (Å²) >= 11 is 5.42. The van der Waals surface area contributed by atoms with Crippen molar-refractivity contribution in [3.63, 3.8) is 0 Å². The van der Waals surface area contributed by atoms with E-state index in [1.807, 2.05) is 0 Å². The fourth-order valence-electron chi connectivity index (χ4n) is 0.370. The van der Waals surface area contributed by atoms with E-state index in [1.54, 1.807) is 0 Å². The average Bonchev–Trinajstić information content (AvgIpc) is 1.95. The molecule has 0 radical (unpaired) electrons. The maximum absolute atomic E-state index is 5.42. The molecule has 0 fully saturated rings. The van der Waals surface area contributed by atoms with Gasteiger partial charge in [0.25, 0.3) is 6.00 Å². The van der Waals surface area contributed by atoms with E-state index in [-0.39, 0.29) is 18.4 Å². The Morgan fingerprint density at radius 3 is 1.40 bits per heavy atom. The summed E-state index contributed by atoms with van der Waals surface area (Å²) in [6, 6.07) is 0.0868. The number of hydrogen-bond acceptors (Lipinski definition) is 3. The molecule has 0 aliphatic rings. The third kappa shape index (κ3) is 3.01. The number of hydrogen-bond donors (Lipinski definition) is 0. The molecule has 0 unspecified atom stereocenters. The van der Waals surface area contributed by atoms with Crippen LogP contribution in [0, 0.1) is 0 Å². The smallest absolute Gasteiger partial charge is 0.251 e. The summed E-state index contributed by atoms with van der Waals surface area (Å²) in [6.07, 6.45) is 0. The highest BCUT2D eigenvalue weighted by atomic mass is 35.5. The van der Waals surface area contributed by atoms with E-state index < -0.39 is 4.97 Å². The molecular formula is C4H11Cl2NO3. The average molecular weight is 192 g/mol. The van der Waals surface area contributed by atoms with Crippen LogP contribution in [0.25, 0.3) is 0 Å². The van der Waals surface area contributed by atoms with Gasteiger partial charge < -0.3 is 12.4 Å². The second-order valence-electron chi connectivity index (χ2n) is 1.28. The Hall–Kier alpha value is 0.420. The van der Waals surface area contributed by atoms with E-state index in [0.717, 1.165) is 0 Å². The molecule has 10 heavy (non-hydrogen) atoms. The van der Waals surface area contributed by atoms with Gasteiger partial charge in [-0.3, -0.25) is 0 Å². The van der Waals surface area contributed by atoms with Crippen LogP contribution in [0.3, 0.4) is 0 Å². The first kappa shape index (κ1) is 13.0. The number of rotatable bonds is 4. The molecule has 6 heteroatoms. The van der Waals surface area contributed by atoms with Crippen LogP contribution in [0.1, 0.15) is 0 Å². The monoisotopic (exact) mass is 191 g/mol. The Balaban J connectivity index is 0. The van der Waals surface area contributed by atoms with Crippen LogP contribution < -0.4 is 12.4 Å². The quantitative estimate of drug-likeness (QED) is 0.217. The van der Waals surface area contributed by atoms with Gasteiger partial charge in [0.15, 0.2) is 0 Å². The van der Waals surface area contributed by atoms with Crippen molar-refractivity contribution in [3.8, 4) is 0 Å². The Morgan fingerprint density at radius 1 is 1.10 bits per heavy atom. The second-order valence-corrected chi connectivity index (χ2v) is 1.52. The minimum atomic E-state index is -0.457. The molecule has 0 bridgehead atoms. The Labute approximate surface area is 71.5 Å². The molecule has 0 aromatic rings. The van der Waals surface area contributed by atoms with Crippen LogP contribution in [-0.2, 0) is 14.5 Å². The van der Waals surface area contributed by atoms with Crippen molar-refractivity contribution in [2.75, 3.05) is 27.3 Å². The van der Waals surface area contributed by atoms with Gasteiger partial charge >= 0.3 is 0 Å². The molecule has 0 aromatic heterocycles. The van der Waals surface area contributed by atoms with Crippen molar-refractivity contribution in [3.05, 3.63) is 0 Å². The molecule has 0 aromatic carbocycles. The summed E-state index contributed by atoms with van der Waals surface area (Å²) in [5.41, 5.74) is 0. The largest absolute Gasteiger partial charge is 1.00 e. The number of alkyl halides is 1. The molecular weight excluding hydrogens is 181 g/mol. The van der Waals surface area contributed by atoms with Gasteiger partial charge in [-0.15, -0.1) is 14.5 Å². The summed E-state index contributed by atoms with van der Waals surface area (Å²) < 4.78 is 0. The number of nitrogens with zero attached hydrogens (tertiary/aromatic N) is 1. The number of hydroxylamine groups is 3. The van der Waals surface area contributed by atoms with E-state index in [0.29, 0.717) is 0 Å². The zero-order valence-corrected chi connectivity index (χ0v) is 7.65. The van der Waals surface area contributed by atoms with Crippen LogP contribution in [0.4, 0.5) is 0 Å². The topological polar surface area (TPSA) is 27.7 Å². The summed E-state index contributed by atoms with van der Waals surface area (Å²) in [5.74, 6) is 0. The van der Waals surface area contributed by atoms with Crippen molar-refractivity contribution in [1.29, 1.82) is 0 Å². The lowest BCUT2D eigenvalue weighted by Crippen LogP contribution is -3.00. The van der Waals surface area contributed by atoms with Crippen molar-refractivity contribution in [1.82, 2.24) is 0 Å². The van der Waals surface area contributed by atoms with E-state index >= 15 is 0 Å². The fraction of sp³-hybridized carbons (Fsp3) is 1.00. The molecule has 0 saturated heterocycles. The first-order valence-electron chi connectivity index (χ1n) is 2.36. The number of quaternary nitrogens is 1. The third-order valence-electron chi connectivity index (χ3n) is 0.981. The van der Waals surface area contributed by atoms with Crippen LogP contribution in [-0.4, -0.2) is 32.3 Å². The summed E-state index contributed by atoms with van der Waals surface area (Å²) in [4.78, 5) is 13.8. The molecule has 0 N–H and O–H groups in total. The first-order valence-corrected chi connectivity index (χ1v) is 2.89. The molecule has 0 aliphatic heterocycles. The van der Waals surface area contributed by atoms with Crippen LogP contribution in [0.2, 0.25) is 0 Å². The predicted octanol–water partition coefficient (Wildman–Crippen LogP) is -2.31. The van der Waals surface area contributed by atoms with Gasteiger partial charge in [0.05, 0.1) is 0 Å². The first-order chi connectivity index (χ1) is 4.24. The zero-order chi connectivity index (χ0) is 7.33. The van der Waals surface area contributed by atoms with Crippen molar-refractivity contribution in [2.45, 2.75) is 0 Å². The fourth-order valence-corrected chi connectivity index (χ4v) is 0.663. The summed E-state index contributed by atoms with van der Waals surface area (Å²) in [5, 5.41) is 0. The lowest BCUT2D eigenvalue weighted by Gasteiger charge is -2.21. The zero-order valence-electron chi connectivity index (χ0n) is 6.13. The second kappa shape index (κ2) is 6.15. The number of halogens is 2. The van der Waals surface area contributed by atoms with E-state index in [9.17, 15) is 0 Å². The van der Waals surface area contributed by atoms with E-state index in [4.69, 9.17) is 26.1 Å². The summed E-state index contributed by atoms with van der Waals surface area (Å²) in [6.45, 7) is 0. The Morgan fingerprint density at radius 2 is 1.40 bits per heavy atom. The Kier molecular flexibility index (Phi) is 8.02. The standard InChI is InChI=1S/C4H11ClNO3.ClH/c1-7-6(4-5,8-2)9-3;/h4H2,1-3H3;1H/q+1;/p-1. The van der Waals surface area contributed by atoms with Gasteiger partial charge in [-0.2, -0.15) is 0 Å². The molecule has 4 nitrogen and oxygen atoms in total. The lowest BCUT2D eigenvalue weighted by atomic mass is 11.4. The minimum absolute atomic E-state index is 0. The molecule has 0 aliphatic carbocycles. The minimum Gasteiger partial charge on any atom is -1.00 e. The van der Waals surface area contributed by atoms with Gasteiger partial charge in [-0.25, -0.2) is 0 Å². The van der Waals surface area contributed by atoms with Crippen LogP contribution >= 0.6 is 11.6 Å². The predicted molar refractivity (Wildman–Crippen MR) is 32.0 cm³/mol. The van der Waals surface area contributed by atoms with Gasteiger partial charge in [-0.1, -0.05) is 11.6 Å². The lowest BCUT2D eigenvalue weighted by molar-refractivity contribution is -1.36. The molecule has 0 heterocycles. The van der Waals surface area contributed by atoms with E-state index in [2.05, 4.69) is 0 Å². The molecule has 0 amide bonds. The van der Waals surface area contributed by atoms with Gasteiger partial charge in [0.1, 0.15) is 26.3 Å². The normalized spacial score (nSPS) is 10.8. The highest BCUT2D eigenvalue weighted by Crippen LogP contribution is 2.08. The van der Waals surface area contributed by atoms with Crippen molar-refractivity contribution in [2.24, 2.45) is 0 Å². The van der Waals surface area contributed by atoms with Crippen molar-refractivity contribution >= 4 is 11.6 Å². The molecule has 64 valence electrons. The van der Waals surface area contributed by atoms with Crippen LogP contribution in [0.15, 0.2) is 0 Å². The maximum Gasteiger partial charge on any atom is 0.251 e. The Bertz CT molecular complexity index is 61.4. The van der Waals surface area contributed by atoms with Gasteiger partial charge in [-0.05, 0) is 0 Å². The highest BCUT2D eigenvalue weighted by Gasteiger charge is 2.28. The molecule has 0 rings (SSSR count).